The molecule has 0 spiro atoms. The van der Waals surface area contributed by atoms with Crippen molar-refractivity contribution in [1.29, 1.82) is 0 Å². The molecule has 1 fully saturated rings. The molecule has 1 heterocycles. The van der Waals surface area contributed by atoms with Crippen molar-refractivity contribution in [3.8, 4) is 0 Å². The standard InChI is InChI=1S/C15H24N2O2S/c1-4-5-13-6-8-14(9-7-13)20(18,19)17-10-15(16,11-17)12(2)3/h6-9,12H,4-5,10-11,16H2,1-3H3. The van der Waals surface area contributed by atoms with Gasteiger partial charge in [-0.05, 0) is 30.0 Å². The summed E-state index contributed by atoms with van der Waals surface area (Å²) in [5, 5.41) is 0. The van der Waals surface area contributed by atoms with E-state index in [-0.39, 0.29) is 11.5 Å². The maximum Gasteiger partial charge on any atom is 0.243 e. The van der Waals surface area contributed by atoms with Crippen LogP contribution in [-0.2, 0) is 16.4 Å². The van der Waals surface area contributed by atoms with Gasteiger partial charge in [-0.25, -0.2) is 8.42 Å². The van der Waals surface area contributed by atoms with Crippen LogP contribution in [0.5, 0.6) is 0 Å². The molecular weight excluding hydrogens is 272 g/mol. The zero-order valence-corrected chi connectivity index (χ0v) is 13.3. The van der Waals surface area contributed by atoms with E-state index >= 15 is 0 Å². The van der Waals surface area contributed by atoms with Crippen LogP contribution < -0.4 is 5.73 Å². The van der Waals surface area contributed by atoms with Crippen LogP contribution in [-0.4, -0.2) is 31.4 Å². The molecule has 1 aliphatic rings. The van der Waals surface area contributed by atoms with Crippen molar-refractivity contribution in [2.24, 2.45) is 11.7 Å². The van der Waals surface area contributed by atoms with Crippen molar-refractivity contribution in [3.63, 3.8) is 0 Å². The lowest BCUT2D eigenvalue weighted by Crippen LogP contribution is -2.70. The normalized spacial score (nSPS) is 19.1. The van der Waals surface area contributed by atoms with E-state index in [0.29, 0.717) is 18.0 Å². The second kappa shape index (κ2) is 5.47. The Hall–Kier alpha value is -0.910. The molecule has 1 saturated heterocycles. The highest BCUT2D eigenvalue weighted by atomic mass is 32.2. The van der Waals surface area contributed by atoms with Gasteiger partial charge >= 0.3 is 0 Å². The van der Waals surface area contributed by atoms with E-state index in [1.807, 2.05) is 26.0 Å². The number of hydrogen-bond acceptors (Lipinski definition) is 3. The van der Waals surface area contributed by atoms with Crippen molar-refractivity contribution in [1.82, 2.24) is 4.31 Å². The summed E-state index contributed by atoms with van der Waals surface area (Å²) in [6, 6.07) is 7.20. The van der Waals surface area contributed by atoms with E-state index in [1.165, 1.54) is 9.87 Å². The molecule has 1 aromatic carbocycles. The Morgan fingerprint density at radius 1 is 1.25 bits per heavy atom. The van der Waals surface area contributed by atoms with Crippen molar-refractivity contribution in [2.75, 3.05) is 13.1 Å². The van der Waals surface area contributed by atoms with Crippen molar-refractivity contribution in [2.45, 2.75) is 44.0 Å². The molecule has 4 nitrogen and oxygen atoms in total. The summed E-state index contributed by atoms with van der Waals surface area (Å²) in [6.45, 7) is 6.98. The number of hydrogen-bond donors (Lipinski definition) is 1. The quantitative estimate of drug-likeness (QED) is 0.904. The molecule has 1 aromatic rings. The van der Waals surface area contributed by atoms with Crippen LogP contribution in [0.2, 0.25) is 0 Å². The zero-order valence-electron chi connectivity index (χ0n) is 12.5. The highest BCUT2D eigenvalue weighted by Gasteiger charge is 2.47. The Kier molecular flexibility index (Phi) is 4.23. The average molecular weight is 296 g/mol. The molecule has 0 atom stereocenters. The Morgan fingerprint density at radius 2 is 1.80 bits per heavy atom. The second-order valence-corrected chi connectivity index (χ2v) is 7.99. The molecule has 0 radical (unpaired) electrons. The molecule has 20 heavy (non-hydrogen) atoms. The topological polar surface area (TPSA) is 63.4 Å². The average Bonchev–Trinajstić information content (AvgIpc) is 2.35. The van der Waals surface area contributed by atoms with Crippen LogP contribution in [0.4, 0.5) is 0 Å². The lowest BCUT2D eigenvalue weighted by Gasteiger charge is -2.49. The van der Waals surface area contributed by atoms with Gasteiger partial charge in [0.05, 0.1) is 4.90 Å². The summed E-state index contributed by atoms with van der Waals surface area (Å²) in [4.78, 5) is 0.364. The van der Waals surface area contributed by atoms with Crippen LogP contribution in [0.25, 0.3) is 0 Å². The van der Waals surface area contributed by atoms with Crippen molar-refractivity contribution < 1.29 is 8.42 Å². The maximum absolute atomic E-state index is 12.5. The van der Waals surface area contributed by atoms with Crippen LogP contribution in [0.3, 0.4) is 0 Å². The number of aryl methyl sites for hydroxylation is 1. The predicted octanol–water partition coefficient (Wildman–Crippen LogP) is 2.00. The maximum atomic E-state index is 12.5. The predicted molar refractivity (Wildman–Crippen MR) is 81.0 cm³/mol. The van der Waals surface area contributed by atoms with Crippen LogP contribution in [0.15, 0.2) is 29.2 Å². The van der Waals surface area contributed by atoms with Gasteiger partial charge in [-0.15, -0.1) is 0 Å². The van der Waals surface area contributed by atoms with Gasteiger partial charge in [0.25, 0.3) is 0 Å². The van der Waals surface area contributed by atoms with Gasteiger partial charge in [0.2, 0.25) is 10.0 Å². The smallest absolute Gasteiger partial charge is 0.243 e. The van der Waals surface area contributed by atoms with Crippen molar-refractivity contribution in [3.05, 3.63) is 29.8 Å². The molecule has 0 aromatic heterocycles. The van der Waals surface area contributed by atoms with E-state index in [4.69, 9.17) is 5.73 Å². The van der Waals surface area contributed by atoms with E-state index < -0.39 is 10.0 Å². The first-order chi connectivity index (χ1) is 9.29. The molecule has 1 aliphatic heterocycles. The summed E-state index contributed by atoms with van der Waals surface area (Å²) < 4.78 is 26.4. The first kappa shape index (κ1) is 15.5. The summed E-state index contributed by atoms with van der Waals surface area (Å²) in [7, 11) is -3.39. The summed E-state index contributed by atoms with van der Waals surface area (Å²) >= 11 is 0. The van der Waals surface area contributed by atoms with Gasteiger partial charge < -0.3 is 5.73 Å². The molecular formula is C15H24N2O2S. The third-order valence-corrected chi connectivity index (χ3v) is 6.00. The number of rotatable bonds is 5. The zero-order chi connectivity index (χ0) is 15.0. The largest absolute Gasteiger partial charge is 0.323 e. The SMILES string of the molecule is CCCc1ccc(S(=O)(=O)N2CC(N)(C(C)C)C2)cc1. The molecule has 5 heteroatoms. The van der Waals surface area contributed by atoms with Crippen LogP contribution in [0, 0.1) is 5.92 Å². The summed E-state index contributed by atoms with van der Waals surface area (Å²) in [6.07, 6.45) is 2.03. The van der Waals surface area contributed by atoms with Gasteiger partial charge in [-0.3, -0.25) is 0 Å². The minimum absolute atomic E-state index is 0.279. The molecule has 0 aliphatic carbocycles. The Bertz CT molecular complexity index is 558. The minimum atomic E-state index is -3.39. The van der Waals surface area contributed by atoms with Gasteiger partial charge in [-0.1, -0.05) is 39.3 Å². The van der Waals surface area contributed by atoms with Gasteiger partial charge in [0.1, 0.15) is 0 Å². The summed E-state index contributed by atoms with van der Waals surface area (Å²) in [5.41, 5.74) is 6.96. The van der Waals surface area contributed by atoms with E-state index in [0.717, 1.165) is 12.8 Å². The highest BCUT2D eigenvalue weighted by molar-refractivity contribution is 7.89. The second-order valence-electron chi connectivity index (χ2n) is 6.05. The van der Waals surface area contributed by atoms with E-state index in [1.54, 1.807) is 12.1 Å². The van der Waals surface area contributed by atoms with E-state index in [2.05, 4.69) is 6.92 Å². The van der Waals surface area contributed by atoms with E-state index in [9.17, 15) is 8.42 Å². The fourth-order valence-corrected chi connectivity index (χ4v) is 4.01. The van der Waals surface area contributed by atoms with Crippen molar-refractivity contribution >= 4 is 10.0 Å². The molecule has 0 amide bonds. The molecule has 2 N–H and O–H groups in total. The molecule has 0 unspecified atom stereocenters. The Morgan fingerprint density at radius 3 is 2.25 bits per heavy atom. The van der Waals surface area contributed by atoms with Crippen LogP contribution >= 0.6 is 0 Å². The lowest BCUT2D eigenvalue weighted by atomic mass is 9.82. The van der Waals surface area contributed by atoms with Crippen LogP contribution in [0.1, 0.15) is 32.8 Å². The first-order valence-electron chi connectivity index (χ1n) is 7.17. The fourth-order valence-electron chi connectivity index (χ4n) is 2.41. The lowest BCUT2D eigenvalue weighted by molar-refractivity contribution is 0.110. The van der Waals surface area contributed by atoms with Gasteiger partial charge in [0.15, 0.2) is 0 Å². The molecule has 0 saturated carbocycles. The highest BCUT2D eigenvalue weighted by Crippen LogP contribution is 2.31. The monoisotopic (exact) mass is 296 g/mol. The number of benzene rings is 1. The molecule has 2 rings (SSSR count). The van der Waals surface area contributed by atoms with Gasteiger partial charge in [0, 0.05) is 18.6 Å². The number of nitrogens with zero attached hydrogens (tertiary/aromatic N) is 1. The summed E-state index contributed by atoms with van der Waals surface area (Å²) in [5.74, 6) is 0.279. The first-order valence-corrected chi connectivity index (χ1v) is 8.61. The van der Waals surface area contributed by atoms with Gasteiger partial charge in [-0.2, -0.15) is 4.31 Å². The number of sulfonamides is 1. The Balaban J connectivity index is 2.12. The third-order valence-electron chi connectivity index (χ3n) is 4.19. The molecule has 112 valence electrons. The minimum Gasteiger partial charge on any atom is -0.323 e. The number of nitrogens with two attached hydrogens (primary N) is 1. The molecule has 0 bridgehead atoms. The Labute approximate surface area is 122 Å². The third kappa shape index (κ3) is 2.75. The fraction of sp³-hybridized carbons (Fsp3) is 0.600.